The van der Waals surface area contributed by atoms with Crippen LogP contribution in [0.2, 0.25) is 0 Å². The Hall–Kier alpha value is -3.15. The van der Waals surface area contributed by atoms with Gasteiger partial charge in [0.1, 0.15) is 17.1 Å². The lowest BCUT2D eigenvalue weighted by atomic mass is 9.82. The summed E-state index contributed by atoms with van der Waals surface area (Å²) in [5, 5.41) is 28.8. The zero-order chi connectivity index (χ0) is 15.3. The number of carbonyl (C=O) groups is 3. The number of carbonyl (C=O) groups excluding carboxylic acids is 2. The highest BCUT2D eigenvalue weighted by molar-refractivity contribution is 6.30. The summed E-state index contributed by atoms with van der Waals surface area (Å²) >= 11 is 0. The highest BCUT2D eigenvalue weighted by atomic mass is 16.4. The molecule has 6 heteroatoms. The SMILES string of the molecule is O=C(O)c1cc(O)c2c(c1O)C(=O)c1ccccc1C2=O. The molecule has 3 N–H and O–H groups in total. The highest BCUT2D eigenvalue weighted by Gasteiger charge is 2.36. The van der Waals surface area contributed by atoms with Gasteiger partial charge in [-0.15, -0.1) is 0 Å². The molecule has 0 spiro atoms. The van der Waals surface area contributed by atoms with Crippen molar-refractivity contribution in [1.29, 1.82) is 0 Å². The first-order valence-electron chi connectivity index (χ1n) is 5.94. The van der Waals surface area contributed by atoms with Crippen LogP contribution >= 0.6 is 0 Å². The van der Waals surface area contributed by atoms with E-state index in [0.717, 1.165) is 6.07 Å². The van der Waals surface area contributed by atoms with Crippen LogP contribution in [-0.2, 0) is 0 Å². The van der Waals surface area contributed by atoms with Crippen molar-refractivity contribution in [2.24, 2.45) is 0 Å². The third-order valence-corrected chi connectivity index (χ3v) is 3.38. The van der Waals surface area contributed by atoms with Gasteiger partial charge in [0.15, 0.2) is 11.6 Å². The zero-order valence-electron chi connectivity index (χ0n) is 10.5. The van der Waals surface area contributed by atoms with Crippen molar-refractivity contribution in [2.75, 3.05) is 0 Å². The summed E-state index contributed by atoms with van der Waals surface area (Å²) in [6.45, 7) is 0. The normalized spacial score (nSPS) is 12.8. The predicted molar refractivity (Wildman–Crippen MR) is 70.0 cm³/mol. The van der Waals surface area contributed by atoms with E-state index in [2.05, 4.69) is 0 Å². The van der Waals surface area contributed by atoms with Gasteiger partial charge in [-0.3, -0.25) is 9.59 Å². The number of carboxylic acids is 1. The largest absolute Gasteiger partial charge is 0.507 e. The second kappa shape index (κ2) is 4.17. The smallest absolute Gasteiger partial charge is 0.339 e. The minimum Gasteiger partial charge on any atom is -0.507 e. The summed E-state index contributed by atoms with van der Waals surface area (Å²) in [4.78, 5) is 35.7. The maximum atomic E-state index is 12.4. The molecule has 0 aliphatic heterocycles. The number of ketones is 2. The van der Waals surface area contributed by atoms with E-state index in [1.165, 1.54) is 12.1 Å². The van der Waals surface area contributed by atoms with Gasteiger partial charge in [0.05, 0.1) is 11.1 Å². The molecule has 0 heterocycles. The van der Waals surface area contributed by atoms with Crippen LogP contribution < -0.4 is 0 Å². The molecule has 0 saturated heterocycles. The Morgan fingerprint density at radius 2 is 1.43 bits per heavy atom. The van der Waals surface area contributed by atoms with Gasteiger partial charge in [0.25, 0.3) is 0 Å². The fourth-order valence-corrected chi connectivity index (χ4v) is 2.42. The maximum Gasteiger partial charge on any atom is 0.339 e. The van der Waals surface area contributed by atoms with Crippen molar-refractivity contribution in [3.8, 4) is 11.5 Å². The quantitative estimate of drug-likeness (QED) is 0.585. The first-order chi connectivity index (χ1) is 9.93. The Bertz CT molecular complexity index is 834. The average molecular weight is 284 g/mol. The molecule has 2 aromatic carbocycles. The topological polar surface area (TPSA) is 112 Å². The molecular formula is C15H8O6. The molecule has 0 bridgehead atoms. The summed E-state index contributed by atoms with van der Waals surface area (Å²) in [5.74, 6) is -4.30. The molecule has 0 saturated carbocycles. The Kier molecular flexibility index (Phi) is 2.56. The molecule has 1 aliphatic carbocycles. The molecule has 0 unspecified atom stereocenters. The van der Waals surface area contributed by atoms with Gasteiger partial charge in [-0.1, -0.05) is 24.3 Å². The zero-order valence-corrected chi connectivity index (χ0v) is 10.5. The predicted octanol–water partition coefficient (Wildman–Crippen LogP) is 1.57. The number of carboxylic acid groups (broad SMARTS) is 1. The third-order valence-electron chi connectivity index (χ3n) is 3.38. The Morgan fingerprint density at radius 3 is 1.95 bits per heavy atom. The lowest BCUT2D eigenvalue weighted by Gasteiger charge is -2.20. The van der Waals surface area contributed by atoms with E-state index in [4.69, 9.17) is 5.11 Å². The van der Waals surface area contributed by atoms with Crippen molar-refractivity contribution in [1.82, 2.24) is 0 Å². The van der Waals surface area contributed by atoms with Crippen molar-refractivity contribution in [2.45, 2.75) is 0 Å². The lowest BCUT2D eigenvalue weighted by molar-refractivity contribution is 0.0692. The molecule has 0 aromatic heterocycles. The number of hydrogen-bond acceptors (Lipinski definition) is 5. The number of rotatable bonds is 1. The van der Waals surface area contributed by atoms with Crippen molar-refractivity contribution >= 4 is 17.5 Å². The van der Waals surface area contributed by atoms with Crippen LogP contribution in [0.15, 0.2) is 30.3 Å². The van der Waals surface area contributed by atoms with Crippen LogP contribution in [0.25, 0.3) is 0 Å². The van der Waals surface area contributed by atoms with Gasteiger partial charge in [-0.25, -0.2) is 4.79 Å². The molecular weight excluding hydrogens is 276 g/mol. The molecule has 0 atom stereocenters. The number of aromatic carboxylic acids is 1. The Morgan fingerprint density at radius 1 is 0.905 bits per heavy atom. The van der Waals surface area contributed by atoms with Crippen LogP contribution in [0.1, 0.15) is 42.2 Å². The monoisotopic (exact) mass is 284 g/mol. The van der Waals surface area contributed by atoms with Gasteiger partial charge in [0.2, 0.25) is 0 Å². The molecule has 0 fully saturated rings. The minimum absolute atomic E-state index is 0.0623. The third kappa shape index (κ3) is 1.62. The number of fused-ring (bicyclic) bond motifs is 2. The van der Waals surface area contributed by atoms with E-state index in [0.29, 0.717) is 0 Å². The van der Waals surface area contributed by atoms with Gasteiger partial charge in [0, 0.05) is 11.1 Å². The van der Waals surface area contributed by atoms with Gasteiger partial charge >= 0.3 is 5.97 Å². The van der Waals surface area contributed by atoms with E-state index in [-0.39, 0.29) is 16.7 Å². The van der Waals surface area contributed by atoms with Crippen molar-refractivity contribution in [3.63, 3.8) is 0 Å². The van der Waals surface area contributed by atoms with E-state index < -0.39 is 40.2 Å². The fourth-order valence-electron chi connectivity index (χ4n) is 2.42. The Balaban J connectivity index is 2.41. The molecule has 2 aromatic rings. The molecule has 0 radical (unpaired) electrons. The maximum absolute atomic E-state index is 12.4. The molecule has 1 aliphatic rings. The number of phenols is 2. The van der Waals surface area contributed by atoms with Crippen LogP contribution in [0, 0.1) is 0 Å². The van der Waals surface area contributed by atoms with E-state index in [9.17, 15) is 24.6 Å². The first kappa shape index (κ1) is 12.9. The van der Waals surface area contributed by atoms with Gasteiger partial charge in [-0.05, 0) is 6.07 Å². The summed E-state index contributed by atoms with van der Waals surface area (Å²) in [7, 11) is 0. The van der Waals surface area contributed by atoms with E-state index in [1.54, 1.807) is 12.1 Å². The summed E-state index contributed by atoms with van der Waals surface area (Å²) in [6.07, 6.45) is 0. The summed E-state index contributed by atoms with van der Waals surface area (Å²) in [5.41, 5.74) is -1.32. The van der Waals surface area contributed by atoms with Crippen LogP contribution in [0.3, 0.4) is 0 Å². The van der Waals surface area contributed by atoms with Crippen LogP contribution in [-0.4, -0.2) is 32.9 Å². The fraction of sp³-hybridized carbons (Fsp3) is 0. The number of aromatic hydroxyl groups is 2. The van der Waals surface area contributed by atoms with Gasteiger partial charge < -0.3 is 15.3 Å². The summed E-state index contributed by atoms with van der Waals surface area (Å²) in [6, 6.07) is 6.71. The number of hydrogen-bond donors (Lipinski definition) is 3. The standard InChI is InChI=1S/C15H8O6/c16-9-5-8(15(20)21)14(19)11-10(9)12(17)6-3-1-2-4-7(6)13(11)18/h1-5,16,19H,(H,20,21). The van der Waals surface area contributed by atoms with Crippen molar-refractivity contribution < 1.29 is 29.7 Å². The van der Waals surface area contributed by atoms with E-state index >= 15 is 0 Å². The number of benzene rings is 2. The number of phenolic OH excluding ortho intramolecular Hbond substituents is 1. The average Bonchev–Trinajstić information content (AvgIpc) is 2.46. The molecule has 6 nitrogen and oxygen atoms in total. The Labute approximate surface area is 117 Å². The molecule has 0 amide bonds. The van der Waals surface area contributed by atoms with Gasteiger partial charge in [-0.2, -0.15) is 0 Å². The van der Waals surface area contributed by atoms with Crippen molar-refractivity contribution in [3.05, 3.63) is 58.1 Å². The highest BCUT2D eigenvalue weighted by Crippen LogP contribution is 2.39. The second-order valence-electron chi connectivity index (χ2n) is 4.55. The molecule has 104 valence electrons. The van der Waals surface area contributed by atoms with Crippen LogP contribution in [0.5, 0.6) is 11.5 Å². The summed E-state index contributed by atoms with van der Waals surface area (Å²) < 4.78 is 0. The van der Waals surface area contributed by atoms with E-state index in [1.807, 2.05) is 0 Å². The molecule has 21 heavy (non-hydrogen) atoms. The van der Waals surface area contributed by atoms with Crippen LogP contribution in [0.4, 0.5) is 0 Å². The second-order valence-corrected chi connectivity index (χ2v) is 4.55. The lowest BCUT2D eigenvalue weighted by Crippen LogP contribution is -2.22. The minimum atomic E-state index is -1.51. The molecule has 3 rings (SSSR count). The first-order valence-corrected chi connectivity index (χ1v) is 5.94.